The molecular weight excluding hydrogens is 316 g/mol. The van der Waals surface area contributed by atoms with Crippen molar-refractivity contribution in [2.45, 2.75) is 32.1 Å². The van der Waals surface area contributed by atoms with E-state index >= 15 is 0 Å². The van der Waals surface area contributed by atoms with Crippen LogP contribution in [0.4, 0.5) is 0 Å². The van der Waals surface area contributed by atoms with E-state index in [2.05, 4.69) is 5.32 Å². The molecule has 1 aliphatic rings. The number of hydrogen-bond donors (Lipinski definition) is 2. The van der Waals surface area contributed by atoms with Crippen LogP contribution in [0, 0.1) is 0 Å². The number of rotatable bonds is 4. The first-order valence-corrected chi connectivity index (χ1v) is 7.36. The summed E-state index contributed by atoms with van der Waals surface area (Å²) in [6, 6.07) is 1.28. The van der Waals surface area contributed by atoms with Crippen LogP contribution in [0.3, 0.4) is 0 Å². The number of aromatic carboxylic acids is 1. The van der Waals surface area contributed by atoms with Gasteiger partial charge in [-0.05, 0) is 18.9 Å². The van der Waals surface area contributed by atoms with Crippen molar-refractivity contribution in [3.05, 3.63) is 27.2 Å². The van der Waals surface area contributed by atoms with Gasteiger partial charge in [0.25, 0.3) is 0 Å². The van der Waals surface area contributed by atoms with E-state index in [0.717, 1.165) is 6.42 Å². The molecule has 1 unspecified atom stereocenters. The molecule has 2 N–H and O–H groups in total. The van der Waals surface area contributed by atoms with Crippen LogP contribution in [-0.4, -0.2) is 30.4 Å². The van der Waals surface area contributed by atoms with Crippen molar-refractivity contribution >= 4 is 42.6 Å². The normalized spacial score (nSPS) is 16.4. The van der Waals surface area contributed by atoms with Crippen molar-refractivity contribution < 1.29 is 19.3 Å². The van der Waals surface area contributed by atoms with E-state index in [9.17, 15) is 14.7 Å². The van der Waals surface area contributed by atoms with Crippen molar-refractivity contribution in [1.29, 1.82) is 0 Å². The first-order chi connectivity index (χ1) is 9.93. The predicted octanol–water partition coefficient (Wildman–Crippen LogP) is 2.22. The van der Waals surface area contributed by atoms with Crippen molar-refractivity contribution in [2.75, 3.05) is 0 Å². The smallest absolute Gasteiger partial charge is 0.363 e. The molecule has 1 aromatic rings. The van der Waals surface area contributed by atoms with Crippen molar-refractivity contribution in [3.8, 4) is 5.75 Å². The van der Waals surface area contributed by atoms with Crippen LogP contribution in [0.15, 0.2) is 6.07 Å². The summed E-state index contributed by atoms with van der Waals surface area (Å²) >= 11 is 12.1. The van der Waals surface area contributed by atoms with Gasteiger partial charge in [0.2, 0.25) is 5.91 Å². The Kier molecular flexibility index (Phi) is 5.01. The minimum Gasteiger partial charge on any atom is -0.561 e. The van der Waals surface area contributed by atoms with E-state index in [1.165, 1.54) is 6.07 Å². The minimum atomic E-state index is -1.13. The quantitative estimate of drug-likeness (QED) is 0.830. The van der Waals surface area contributed by atoms with E-state index in [1.54, 1.807) is 0 Å². The zero-order chi connectivity index (χ0) is 15.6. The van der Waals surface area contributed by atoms with Crippen LogP contribution in [0.1, 0.15) is 35.7 Å². The molecule has 0 radical (unpaired) electrons. The minimum absolute atomic E-state index is 0.0160. The van der Waals surface area contributed by atoms with Gasteiger partial charge in [-0.1, -0.05) is 30.1 Å². The molecule has 1 aromatic carbocycles. The lowest BCUT2D eigenvalue weighted by molar-refractivity contribution is -0.121. The number of halogens is 2. The second kappa shape index (κ2) is 6.58. The SMILES string of the molecule is CCCC(=O)NC1BOc2c(C(=O)O)cc(Cl)c(Cl)c2C1. The van der Waals surface area contributed by atoms with E-state index in [-0.39, 0.29) is 40.7 Å². The summed E-state index contributed by atoms with van der Waals surface area (Å²) in [5.41, 5.74) is 0.507. The van der Waals surface area contributed by atoms with Crippen LogP contribution < -0.4 is 9.97 Å². The molecule has 0 saturated heterocycles. The number of benzene rings is 1. The van der Waals surface area contributed by atoms with Gasteiger partial charge in [-0.25, -0.2) is 4.79 Å². The van der Waals surface area contributed by atoms with E-state index < -0.39 is 5.97 Å². The highest BCUT2D eigenvalue weighted by atomic mass is 35.5. The summed E-state index contributed by atoms with van der Waals surface area (Å²) in [6.07, 6.45) is 1.59. The summed E-state index contributed by atoms with van der Waals surface area (Å²) in [4.78, 5) is 22.9. The first-order valence-electron chi connectivity index (χ1n) is 6.60. The van der Waals surface area contributed by atoms with Crippen molar-refractivity contribution in [1.82, 2.24) is 5.32 Å². The maximum absolute atomic E-state index is 11.6. The van der Waals surface area contributed by atoms with Crippen LogP contribution in [0.2, 0.25) is 10.0 Å². The van der Waals surface area contributed by atoms with E-state index in [4.69, 9.17) is 27.9 Å². The molecule has 8 heteroatoms. The Bertz CT molecular complexity index is 594. The molecule has 112 valence electrons. The Morgan fingerprint density at radius 3 is 2.86 bits per heavy atom. The van der Waals surface area contributed by atoms with Gasteiger partial charge in [-0.15, -0.1) is 0 Å². The largest absolute Gasteiger partial charge is 0.561 e. The van der Waals surface area contributed by atoms with Crippen LogP contribution in [0.25, 0.3) is 0 Å². The number of fused-ring (bicyclic) bond motifs is 1. The number of carboxylic acids is 1. The fourth-order valence-electron chi connectivity index (χ4n) is 2.28. The molecule has 2 rings (SSSR count). The fraction of sp³-hybridized carbons (Fsp3) is 0.385. The predicted molar refractivity (Wildman–Crippen MR) is 81.7 cm³/mol. The molecule has 1 aliphatic heterocycles. The van der Waals surface area contributed by atoms with Gasteiger partial charge in [0, 0.05) is 17.9 Å². The molecule has 0 bridgehead atoms. The Morgan fingerprint density at radius 1 is 1.52 bits per heavy atom. The highest BCUT2D eigenvalue weighted by Crippen LogP contribution is 2.39. The van der Waals surface area contributed by atoms with Gasteiger partial charge in [0.1, 0.15) is 11.3 Å². The van der Waals surface area contributed by atoms with Crippen molar-refractivity contribution in [3.63, 3.8) is 0 Å². The number of nitrogens with one attached hydrogen (secondary N) is 1. The fourth-order valence-corrected chi connectivity index (χ4v) is 2.72. The van der Waals surface area contributed by atoms with E-state index in [0.29, 0.717) is 18.4 Å². The van der Waals surface area contributed by atoms with Gasteiger partial charge >= 0.3 is 13.5 Å². The Labute approximate surface area is 132 Å². The lowest BCUT2D eigenvalue weighted by atomic mass is 9.79. The van der Waals surface area contributed by atoms with Gasteiger partial charge in [0.05, 0.1) is 10.0 Å². The molecule has 0 spiro atoms. The van der Waals surface area contributed by atoms with Crippen LogP contribution >= 0.6 is 23.2 Å². The second-order valence-corrected chi connectivity index (χ2v) is 5.65. The molecule has 0 fully saturated rings. The first kappa shape index (κ1) is 16.0. The lowest BCUT2D eigenvalue weighted by Gasteiger charge is -2.27. The lowest BCUT2D eigenvalue weighted by Crippen LogP contribution is -2.45. The van der Waals surface area contributed by atoms with Crippen LogP contribution in [0.5, 0.6) is 5.75 Å². The monoisotopic (exact) mass is 329 g/mol. The average Bonchev–Trinajstić information content (AvgIpc) is 2.43. The molecule has 0 aliphatic carbocycles. The number of hydrogen-bond acceptors (Lipinski definition) is 3. The zero-order valence-corrected chi connectivity index (χ0v) is 12.9. The summed E-state index contributed by atoms with van der Waals surface area (Å²) in [5, 5.41) is 12.5. The number of amides is 1. The third kappa shape index (κ3) is 3.44. The zero-order valence-electron chi connectivity index (χ0n) is 11.4. The molecule has 21 heavy (non-hydrogen) atoms. The topological polar surface area (TPSA) is 75.6 Å². The Hall–Kier alpha value is -1.40. The Morgan fingerprint density at radius 2 is 2.24 bits per heavy atom. The number of carbonyl (C=O) groups is 2. The molecule has 0 saturated carbocycles. The second-order valence-electron chi connectivity index (χ2n) is 4.86. The summed E-state index contributed by atoms with van der Waals surface area (Å²) in [7, 11) is 0.209. The molecular formula is C13H14BCl2NO4. The van der Waals surface area contributed by atoms with Gasteiger partial charge < -0.3 is 15.1 Å². The van der Waals surface area contributed by atoms with Gasteiger partial charge in [0.15, 0.2) is 0 Å². The van der Waals surface area contributed by atoms with Crippen LogP contribution in [-0.2, 0) is 11.2 Å². The molecule has 1 atom stereocenters. The third-order valence-corrected chi connectivity index (χ3v) is 4.04. The highest BCUT2D eigenvalue weighted by Gasteiger charge is 2.30. The third-order valence-electron chi connectivity index (χ3n) is 3.22. The maximum Gasteiger partial charge on any atom is 0.363 e. The molecule has 1 amide bonds. The maximum atomic E-state index is 11.6. The summed E-state index contributed by atoms with van der Waals surface area (Å²) in [6.45, 7) is 1.92. The molecule has 1 heterocycles. The Balaban J connectivity index is 2.28. The molecule has 5 nitrogen and oxygen atoms in total. The average molecular weight is 330 g/mol. The molecule has 0 aromatic heterocycles. The number of carbonyl (C=O) groups excluding carboxylic acids is 1. The highest BCUT2D eigenvalue weighted by molar-refractivity contribution is 6.43. The van der Waals surface area contributed by atoms with Gasteiger partial charge in [-0.2, -0.15) is 0 Å². The van der Waals surface area contributed by atoms with Gasteiger partial charge in [-0.3, -0.25) is 4.79 Å². The summed E-state index contributed by atoms with van der Waals surface area (Å²) in [5.74, 6) is -1.20. The number of carboxylic acid groups (broad SMARTS) is 1. The summed E-state index contributed by atoms with van der Waals surface area (Å²) < 4.78 is 5.50. The van der Waals surface area contributed by atoms with E-state index in [1.807, 2.05) is 6.92 Å². The standard InChI is InChI=1S/C13H14BCl2NO4/c1-2-3-10(18)17-9-5-6-11(16)8(15)4-7(13(19)20)12(6)21-14-9/h4,9,14H,2-3,5H2,1H3,(H,17,18)(H,19,20). The van der Waals surface area contributed by atoms with Crippen molar-refractivity contribution in [2.24, 2.45) is 0 Å².